The highest BCUT2D eigenvalue weighted by Crippen LogP contribution is 2.43. The van der Waals surface area contributed by atoms with Crippen LogP contribution in [0.2, 0.25) is 0 Å². The molecule has 0 bridgehead atoms. The molecule has 1 nitrogen and oxygen atoms in total. The van der Waals surface area contributed by atoms with Gasteiger partial charge >= 0.3 is 0 Å². The summed E-state index contributed by atoms with van der Waals surface area (Å²) in [6.45, 7) is 4.27. The van der Waals surface area contributed by atoms with E-state index in [2.05, 4.69) is 25.1 Å². The third-order valence-corrected chi connectivity index (χ3v) is 3.06. The minimum Gasteiger partial charge on any atom is -0.508 e. The van der Waals surface area contributed by atoms with Crippen LogP contribution in [-0.2, 0) is 6.42 Å². The van der Waals surface area contributed by atoms with Crippen molar-refractivity contribution in [1.82, 2.24) is 0 Å². The Balaban J connectivity index is 2.49. The molecule has 0 saturated heterocycles. The number of aromatic hydroxyl groups is 1. The number of benzene rings is 1. The summed E-state index contributed by atoms with van der Waals surface area (Å²) in [5.41, 5.74) is 2.44. The lowest BCUT2D eigenvalue weighted by atomic mass is 9.93. The smallest absolute Gasteiger partial charge is 0.119 e. The molecule has 0 aromatic heterocycles. The molecule has 1 N–H and O–H groups in total. The van der Waals surface area contributed by atoms with Crippen LogP contribution < -0.4 is 0 Å². The molecule has 2 rings (SSSR count). The van der Waals surface area contributed by atoms with Gasteiger partial charge in [-0.05, 0) is 30.9 Å². The van der Waals surface area contributed by atoms with Crippen LogP contribution in [0.15, 0.2) is 30.4 Å². The molecule has 0 fully saturated rings. The van der Waals surface area contributed by atoms with Crippen molar-refractivity contribution < 1.29 is 5.11 Å². The van der Waals surface area contributed by atoms with E-state index in [0.717, 1.165) is 12.0 Å². The van der Waals surface area contributed by atoms with Gasteiger partial charge in [0.05, 0.1) is 0 Å². The molecule has 1 aromatic rings. The summed E-state index contributed by atoms with van der Waals surface area (Å²) in [5.74, 6) is 1.46. The van der Waals surface area contributed by atoms with Crippen molar-refractivity contribution >= 4 is 0 Å². The van der Waals surface area contributed by atoms with Crippen LogP contribution >= 0.6 is 0 Å². The van der Waals surface area contributed by atoms with Gasteiger partial charge in [0, 0.05) is 11.5 Å². The van der Waals surface area contributed by atoms with E-state index in [1.54, 1.807) is 6.07 Å². The fourth-order valence-electron chi connectivity index (χ4n) is 2.41. The topological polar surface area (TPSA) is 20.2 Å². The average Bonchev–Trinajstić information content (AvgIpc) is 2.45. The minimum absolute atomic E-state index is 0.399. The number of allylic oxidation sites excluding steroid dienone is 2. The first-order chi connectivity index (χ1) is 6.74. The van der Waals surface area contributed by atoms with Crippen LogP contribution in [0.5, 0.6) is 5.75 Å². The van der Waals surface area contributed by atoms with E-state index in [1.807, 2.05) is 13.0 Å². The Morgan fingerprint density at radius 3 is 2.93 bits per heavy atom. The quantitative estimate of drug-likeness (QED) is 0.671. The lowest BCUT2D eigenvalue weighted by Crippen LogP contribution is -1.99. The lowest BCUT2D eigenvalue weighted by molar-refractivity contribution is 0.461. The van der Waals surface area contributed by atoms with Gasteiger partial charge in [0.1, 0.15) is 5.75 Å². The maximum atomic E-state index is 9.81. The van der Waals surface area contributed by atoms with Crippen molar-refractivity contribution in [2.75, 3.05) is 0 Å². The maximum Gasteiger partial charge on any atom is 0.119 e. The SMILES string of the molecule is C/C=C/[C@H]1c2c(O)cccc2C[C@H]1C. The highest BCUT2D eigenvalue weighted by Gasteiger charge is 2.29. The lowest BCUT2D eigenvalue weighted by Gasteiger charge is -2.12. The van der Waals surface area contributed by atoms with Crippen LogP contribution in [-0.4, -0.2) is 5.11 Å². The molecule has 74 valence electrons. The Morgan fingerprint density at radius 2 is 2.21 bits per heavy atom. The van der Waals surface area contributed by atoms with Crippen LogP contribution in [0.1, 0.15) is 30.9 Å². The van der Waals surface area contributed by atoms with Crippen LogP contribution in [0.25, 0.3) is 0 Å². The first-order valence-corrected chi connectivity index (χ1v) is 5.17. The van der Waals surface area contributed by atoms with Crippen molar-refractivity contribution in [2.45, 2.75) is 26.2 Å². The average molecular weight is 188 g/mol. The fourth-order valence-corrected chi connectivity index (χ4v) is 2.41. The predicted octanol–water partition coefficient (Wildman–Crippen LogP) is 3.24. The Labute approximate surface area is 85.1 Å². The summed E-state index contributed by atoms with van der Waals surface area (Å²) in [7, 11) is 0. The molecule has 1 aliphatic carbocycles. The number of phenolic OH excluding ortho intramolecular Hbond substituents is 1. The molecule has 1 heteroatoms. The van der Waals surface area contributed by atoms with Crippen molar-refractivity contribution in [2.24, 2.45) is 5.92 Å². The number of fused-ring (bicyclic) bond motifs is 1. The first-order valence-electron chi connectivity index (χ1n) is 5.17. The summed E-state index contributed by atoms with van der Waals surface area (Å²) < 4.78 is 0. The Bertz CT molecular complexity index is 365. The summed E-state index contributed by atoms with van der Waals surface area (Å²) in [6, 6.07) is 5.83. The molecule has 1 aromatic carbocycles. The Hall–Kier alpha value is -1.24. The zero-order valence-corrected chi connectivity index (χ0v) is 8.70. The van der Waals surface area contributed by atoms with Gasteiger partial charge in [0.25, 0.3) is 0 Å². The molecule has 2 atom stereocenters. The third kappa shape index (κ3) is 1.33. The van der Waals surface area contributed by atoms with E-state index < -0.39 is 0 Å². The van der Waals surface area contributed by atoms with Crippen LogP contribution in [0, 0.1) is 5.92 Å². The number of phenols is 1. The molecule has 0 unspecified atom stereocenters. The molecule has 0 spiro atoms. The summed E-state index contributed by atoms with van der Waals surface area (Å²) in [6.07, 6.45) is 5.34. The largest absolute Gasteiger partial charge is 0.508 e. The standard InChI is InChI=1S/C13H16O/c1-3-5-11-9(2)8-10-6-4-7-12(14)13(10)11/h3-7,9,11,14H,8H2,1-2H3/b5-3+/t9-,11-/m1/s1. The van der Waals surface area contributed by atoms with E-state index in [9.17, 15) is 5.11 Å². The van der Waals surface area contributed by atoms with Gasteiger partial charge in [0.15, 0.2) is 0 Å². The molecule has 1 aliphatic rings. The van der Waals surface area contributed by atoms with Gasteiger partial charge in [-0.1, -0.05) is 31.2 Å². The van der Waals surface area contributed by atoms with E-state index in [1.165, 1.54) is 5.56 Å². The third-order valence-electron chi connectivity index (χ3n) is 3.06. The monoisotopic (exact) mass is 188 g/mol. The highest BCUT2D eigenvalue weighted by atomic mass is 16.3. The van der Waals surface area contributed by atoms with Gasteiger partial charge in [0.2, 0.25) is 0 Å². The number of hydrogen-bond acceptors (Lipinski definition) is 1. The Morgan fingerprint density at radius 1 is 1.43 bits per heavy atom. The normalized spacial score (nSPS) is 25.6. The maximum absolute atomic E-state index is 9.81. The summed E-state index contributed by atoms with van der Waals surface area (Å²) in [4.78, 5) is 0. The van der Waals surface area contributed by atoms with Crippen molar-refractivity contribution in [3.63, 3.8) is 0 Å². The van der Waals surface area contributed by atoms with E-state index in [4.69, 9.17) is 0 Å². The first kappa shape index (κ1) is 9.32. The van der Waals surface area contributed by atoms with Crippen LogP contribution in [0.3, 0.4) is 0 Å². The van der Waals surface area contributed by atoms with E-state index in [-0.39, 0.29) is 0 Å². The zero-order valence-electron chi connectivity index (χ0n) is 8.70. The second kappa shape index (κ2) is 3.49. The summed E-state index contributed by atoms with van der Waals surface area (Å²) in [5, 5.41) is 9.81. The van der Waals surface area contributed by atoms with Crippen LogP contribution in [0.4, 0.5) is 0 Å². The van der Waals surface area contributed by atoms with Gasteiger partial charge in [-0.15, -0.1) is 0 Å². The molecular formula is C13H16O. The predicted molar refractivity (Wildman–Crippen MR) is 58.5 cm³/mol. The van der Waals surface area contributed by atoms with Gasteiger partial charge in [-0.3, -0.25) is 0 Å². The van der Waals surface area contributed by atoms with Crippen molar-refractivity contribution in [3.8, 4) is 5.75 Å². The number of hydrogen-bond donors (Lipinski definition) is 1. The second-order valence-electron chi connectivity index (χ2n) is 4.08. The molecular weight excluding hydrogens is 172 g/mol. The molecule has 0 heterocycles. The zero-order chi connectivity index (χ0) is 10.1. The fraction of sp³-hybridized carbons (Fsp3) is 0.385. The highest BCUT2D eigenvalue weighted by molar-refractivity contribution is 5.47. The van der Waals surface area contributed by atoms with Gasteiger partial charge in [-0.25, -0.2) is 0 Å². The second-order valence-corrected chi connectivity index (χ2v) is 4.08. The summed E-state index contributed by atoms with van der Waals surface area (Å²) >= 11 is 0. The molecule has 0 aliphatic heterocycles. The van der Waals surface area contributed by atoms with E-state index in [0.29, 0.717) is 17.6 Å². The molecule has 0 radical (unpaired) electrons. The van der Waals surface area contributed by atoms with Gasteiger partial charge in [-0.2, -0.15) is 0 Å². The minimum atomic E-state index is 0.399. The van der Waals surface area contributed by atoms with E-state index >= 15 is 0 Å². The Kier molecular flexibility index (Phi) is 2.32. The van der Waals surface area contributed by atoms with Crippen molar-refractivity contribution in [1.29, 1.82) is 0 Å². The van der Waals surface area contributed by atoms with Crippen molar-refractivity contribution in [3.05, 3.63) is 41.5 Å². The number of rotatable bonds is 1. The molecule has 0 saturated carbocycles. The van der Waals surface area contributed by atoms with Gasteiger partial charge < -0.3 is 5.11 Å². The molecule has 0 amide bonds. The molecule has 14 heavy (non-hydrogen) atoms.